The Kier molecular flexibility index (Phi) is 19.1. The van der Waals surface area contributed by atoms with E-state index in [4.69, 9.17) is 10.8 Å². The zero-order chi connectivity index (χ0) is 8.27. The van der Waals surface area contributed by atoms with Crippen molar-refractivity contribution in [2.24, 2.45) is 5.73 Å². The van der Waals surface area contributed by atoms with Gasteiger partial charge in [-0.3, -0.25) is 4.79 Å². The Labute approximate surface area is 112 Å². The summed E-state index contributed by atoms with van der Waals surface area (Å²) in [6.45, 7) is 0. The van der Waals surface area contributed by atoms with Crippen molar-refractivity contribution in [3.8, 4) is 0 Å². The van der Waals surface area contributed by atoms with E-state index in [1.165, 1.54) is 6.33 Å². The first kappa shape index (κ1) is 24.2. The monoisotopic (exact) mass is 299 g/mol. The molecule has 92 valence electrons. The molecule has 0 saturated heterocycles. The van der Waals surface area contributed by atoms with Crippen LogP contribution in [0.2, 0.25) is 0 Å². The first-order chi connectivity index (χ1) is 5.20. The largest absolute Gasteiger partial charge is 0.480 e. The van der Waals surface area contributed by atoms with Crippen LogP contribution in [-0.2, 0) is 11.2 Å². The molecule has 0 aliphatic carbocycles. The summed E-state index contributed by atoms with van der Waals surface area (Å²) in [5.74, 6) is -1.00. The number of hydrogen-bond donors (Lipinski definition) is 3. The molecule has 1 atom stereocenters. The van der Waals surface area contributed by atoms with Crippen LogP contribution in [0.5, 0.6) is 0 Å². The normalized spacial score (nSPS) is 9.40. The number of H-pyrrole nitrogens is 1. The number of carbonyl (C=O) groups is 1. The van der Waals surface area contributed by atoms with Gasteiger partial charge in [-0.1, -0.05) is 0 Å². The minimum Gasteiger partial charge on any atom is -0.480 e. The van der Waals surface area contributed by atoms with Gasteiger partial charge in [-0.25, -0.2) is 4.98 Å². The van der Waals surface area contributed by atoms with Crippen molar-refractivity contribution in [2.75, 3.05) is 0 Å². The van der Waals surface area contributed by atoms with Gasteiger partial charge in [-0.2, -0.15) is 0 Å². The Hall–Kier alpha value is -0.200. The van der Waals surface area contributed by atoms with Crippen LogP contribution >= 0.6 is 49.6 Å². The summed E-state index contributed by atoms with van der Waals surface area (Å²) in [6.07, 6.45) is 3.34. The molecular weight excluding hydrogens is 288 g/mol. The molecule has 15 heavy (non-hydrogen) atoms. The number of nitrogens with zero attached hydrogens (tertiary/aromatic N) is 1. The van der Waals surface area contributed by atoms with Gasteiger partial charge in [0, 0.05) is 18.3 Å². The van der Waals surface area contributed by atoms with E-state index in [-0.39, 0.29) is 56.0 Å². The molecule has 1 aromatic rings. The van der Waals surface area contributed by atoms with E-state index in [1.54, 1.807) is 6.20 Å². The van der Waals surface area contributed by atoms with Crippen molar-refractivity contribution in [2.45, 2.75) is 12.5 Å². The van der Waals surface area contributed by atoms with Gasteiger partial charge >= 0.3 is 5.97 Å². The lowest BCUT2D eigenvalue weighted by Gasteiger charge is -2.02. The number of nitrogens with one attached hydrogen (secondary N) is 1. The maximum absolute atomic E-state index is 10.3. The van der Waals surface area contributed by atoms with E-state index in [0.717, 1.165) is 5.69 Å². The molecule has 1 aromatic heterocycles. The van der Waals surface area contributed by atoms with Crippen LogP contribution in [0, 0.1) is 0 Å². The highest BCUT2D eigenvalue weighted by molar-refractivity contribution is 5.86. The van der Waals surface area contributed by atoms with E-state index in [1.807, 2.05) is 0 Å². The molecule has 5 nitrogen and oxygen atoms in total. The van der Waals surface area contributed by atoms with Crippen LogP contribution in [-0.4, -0.2) is 27.1 Å². The number of nitrogens with two attached hydrogens (primary N) is 1. The average molecular weight is 301 g/mol. The number of rotatable bonds is 3. The fourth-order valence-electron chi connectivity index (χ4n) is 0.721. The third-order valence-electron chi connectivity index (χ3n) is 1.31. The van der Waals surface area contributed by atoms with Crippen molar-refractivity contribution >= 4 is 55.6 Å². The van der Waals surface area contributed by atoms with Crippen molar-refractivity contribution < 1.29 is 9.90 Å². The summed E-state index contributed by atoms with van der Waals surface area (Å²) in [4.78, 5) is 16.8. The van der Waals surface area contributed by atoms with Crippen LogP contribution < -0.4 is 5.73 Å². The maximum Gasteiger partial charge on any atom is 0.320 e. The third kappa shape index (κ3) is 8.77. The van der Waals surface area contributed by atoms with Gasteiger partial charge in [0.25, 0.3) is 0 Å². The standard InChI is InChI=1S/C6H9N3O2.4ClH/c7-5(6(10)11)1-4-2-8-3-9-4;;;;/h2-3,5H,1,7H2,(H,8,9)(H,10,11);4*1H/t5-;;;;/m0..../s1. The van der Waals surface area contributed by atoms with Crippen LogP contribution in [0.3, 0.4) is 0 Å². The van der Waals surface area contributed by atoms with Gasteiger partial charge in [0.15, 0.2) is 0 Å². The SMILES string of the molecule is Cl.Cl.Cl.Cl.N[C@@H](Cc1cnc[nH]1)C(=O)O. The molecule has 0 bridgehead atoms. The summed E-state index contributed by atoms with van der Waals surface area (Å²) in [7, 11) is 0. The molecule has 0 radical (unpaired) electrons. The molecule has 0 saturated carbocycles. The molecule has 1 heterocycles. The first-order valence-corrected chi connectivity index (χ1v) is 3.16. The number of halogens is 4. The minimum absolute atomic E-state index is 0. The highest BCUT2D eigenvalue weighted by Gasteiger charge is 2.11. The highest BCUT2D eigenvalue weighted by atomic mass is 35.5. The van der Waals surface area contributed by atoms with Crippen LogP contribution in [0.25, 0.3) is 0 Å². The molecule has 0 amide bonds. The number of aromatic amines is 1. The molecular formula is C6H13Cl4N3O2. The Morgan fingerprint density at radius 2 is 2.00 bits per heavy atom. The maximum atomic E-state index is 10.3. The summed E-state index contributed by atoms with van der Waals surface area (Å²) < 4.78 is 0. The minimum atomic E-state index is -1.00. The van der Waals surface area contributed by atoms with E-state index >= 15 is 0 Å². The third-order valence-corrected chi connectivity index (χ3v) is 1.31. The second-order valence-corrected chi connectivity index (χ2v) is 2.23. The van der Waals surface area contributed by atoms with E-state index in [9.17, 15) is 4.79 Å². The molecule has 0 fully saturated rings. The smallest absolute Gasteiger partial charge is 0.320 e. The number of aromatic nitrogens is 2. The van der Waals surface area contributed by atoms with Crippen LogP contribution in [0.4, 0.5) is 0 Å². The molecule has 0 unspecified atom stereocenters. The zero-order valence-electron chi connectivity index (χ0n) is 7.45. The number of imidazole rings is 1. The number of carboxylic acids is 1. The zero-order valence-corrected chi connectivity index (χ0v) is 10.7. The van der Waals surface area contributed by atoms with Gasteiger partial charge in [0.05, 0.1) is 6.33 Å². The lowest BCUT2D eigenvalue weighted by Crippen LogP contribution is -2.32. The Morgan fingerprint density at radius 3 is 2.33 bits per heavy atom. The van der Waals surface area contributed by atoms with E-state index in [2.05, 4.69) is 9.97 Å². The fourth-order valence-corrected chi connectivity index (χ4v) is 0.721. The predicted octanol–water partition coefficient (Wildman–Crippen LogP) is 1.05. The van der Waals surface area contributed by atoms with Gasteiger partial charge < -0.3 is 15.8 Å². The Bertz CT molecular complexity index is 245. The first-order valence-electron chi connectivity index (χ1n) is 3.16. The molecule has 0 aromatic carbocycles. The van der Waals surface area contributed by atoms with Crippen molar-refractivity contribution in [3.63, 3.8) is 0 Å². The summed E-state index contributed by atoms with van der Waals surface area (Å²) in [5.41, 5.74) is 6.00. The second-order valence-electron chi connectivity index (χ2n) is 2.23. The Morgan fingerprint density at radius 1 is 1.47 bits per heavy atom. The van der Waals surface area contributed by atoms with Crippen molar-refractivity contribution in [3.05, 3.63) is 18.2 Å². The molecule has 0 spiro atoms. The summed E-state index contributed by atoms with van der Waals surface area (Å²) >= 11 is 0. The average Bonchev–Trinajstić information content (AvgIpc) is 2.39. The number of carboxylic acid groups (broad SMARTS) is 1. The predicted molar refractivity (Wildman–Crippen MR) is 66.9 cm³/mol. The quantitative estimate of drug-likeness (QED) is 0.778. The van der Waals surface area contributed by atoms with Crippen molar-refractivity contribution in [1.82, 2.24) is 9.97 Å². The summed E-state index contributed by atoms with van der Waals surface area (Å²) in [6, 6.07) is -0.851. The summed E-state index contributed by atoms with van der Waals surface area (Å²) in [5, 5.41) is 8.42. The highest BCUT2D eigenvalue weighted by Crippen LogP contribution is 1.95. The molecule has 4 N–H and O–H groups in total. The second kappa shape index (κ2) is 11.9. The van der Waals surface area contributed by atoms with Gasteiger partial charge in [0.1, 0.15) is 6.04 Å². The molecule has 0 aliphatic heterocycles. The number of aliphatic carboxylic acids is 1. The lowest BCUT2D eigenvalue weighted by molar-refractivity contribution is -0.138. The number of hydrogen-bond acceptors (Lipinski definition) is 3. The molecule has 1 rings (SSSR count). The van der Waals surface area contributed by atoms with Gasteiger partial charge in [-0.15, -0.1) is 49.6 Å². The van der Waals surface area contributed by atoms with Crippen molar-refractivity contribution in [1.29, 1.82) is 0 Å². The fraction of sp³-hybridized carbons (Fsp3) is 0.333. The van der Waals surface area contributed by atoms with Gasteiger partial charge in [-0.05, 0) is 0 Å². The topological polar surface area (TPSA) is 92.0 Å². The lowest BCUT2D eigenvalue weighted by atomic mass is 10.2. The van der Waals surface area contributed by atoms with E-state index in [0.29, 0.717) is 0 Å². The van der Waals surface area contributed by atoms with E-state index < -0.39 is 12.0 Å². The van der Waals surface area contributed by atoms with Crippen LogP contribution in [0.15, 0.2) is 12.5 Å². The van der Waals surface area contributed by atoms with Gasteiger partial charge in [0.2, 0.25) is 0 Å². The molecule has 0 aliphatic rings. The Balaban J connectivity index is -0.000000151. The molecule has 9 heteroatoms. The van der Waals surface area contributed by atoms with Crippen LogP contribution in [0.1, 0.15) is 5.69 Å².